The van der Waals surface area contributed by atoms with E-state index in [-0.39, 0.29) is 12.8 Å². The van der Waals surface area contributed by atoms with E-state index in [1.165, 1.54) is 205 Å². The molecule has 1 aliphatic heterocycles. The number of allylic oxidation sites excluding steroid dienone is 4. The van der Waals surface area contributed by atoms with E-state index in [0.717, 1.165) is 38.5 Å². The standard InChI is InChI=1S/C61H117NO10/c1-3-5-7-9-11-13-15-17-19-20-21-22-23-24-25-26-27-28-29-30-31-32-33-34-35-37-39-41-43-45-47-49-54(65)60(70)62-52(51-71-61-59(69)58(68)57(67)55(50-63)72-61)56(66)53(64)48-46-44-42-40-38-36-18-16-14-12-10-8-6-4-2/h16,18,40,42,52-59,61,63-69H,3-15,17,19-39,41,43-51H2,1-2H3,(H,62,70)/b18-16+,42-40+. The van der Waals surface area contributed by atoms with E-state index in [4.69, 9.17) is 9.47 Å². The Hall–Kier alpha value is -1.41. The summed E-state index contributed by atoms with van der Waals surface area (Å²) in [7, 11) is 0. The van der Waals surface area contributed by atoms with Crippen molar-refractivity contribution >= 4 is 5.91 Å². The molecular weight excluding hydrogens is 907 g/mol. The lowest BCUT2D eigenvalue weighted by Gasteiger charge is -2.40. The number of ether oxygens (including phenoxy) is 2. The fourth-order valence-electron chi connectivity index (χ4n) is 9.99. The average Bonchev–Trinajstić information content (AvgIpc) is 3.38. The van der Waals surface area contributed by atoms with Crippen LogP contribution in [0.25, 0.3) is 0 Å². The molecule has 0 aromatic rings. The Balaban J connectivity index is 2.20. The van der Waals surface area contributed by atoms with Gasteiger partial charge in [0.25, 0.3) is 0 Å². The van der Waals surface area contributed by atoms with Gasteiger partial charge in [-0.2, -0.15) is 0 Å². The summed E-state index contributed by atoms with van der Waals surface area (Å²) in [5, 5.41) is 76.0. The smallest absolute Gasteiger partial charge is 0.249 e. The van der Waals surface area contributed by atoms with Gasteiger partial charge in [0.05, 0.1) is 25.4 Å². The summed E-state index contributed by atoms with van der Waals surface area (Å²) >= 11 is 0. The summed E-state index contributed by atoms with van der Waals surface area (Å²) in [6.45, 7) is 3.44. The summed E-state index contributed by atoms with van der Waals surface area (Å²) < 4.78 is 11.1. The molecular formula is C61H117NO10. The van der Waals surface area contributed by atoms with Gasteiger partial charge in [0.15, 0.2) is 6.29 Å². The van der Waals surface area contributed by atoms with Gasteiger partial charge in [0.1, 0.15) is 36.6 Å². The van der Waals surface area contributed by atoms with Crippen molar-refractivity contribution in [1.82, 2.24) is 5.32 Å². The van der Waals surface area contributed by atoms with Crippen LogP contribution in [-0.4, -0.2) is 110 Å². The second-order valence-corrected chi connectivity index (χ2v) is 21.8. The van der Waals surface area contributed by atoms with E-state index in [1.54, 1.807) is 0 Å². The van der Waals surface area contributed by atoms with Crippen LogP contribution in [0, 0.1) is 0 Å². The Kier molecular flexibility index (Phi) is 48.0. The minimum atomic E-state index is -1.67. The Morgan fingerprint density at radius 1 is 0.472 bits per heavy atom. The van der Waals surface area contributed by atoms with E-state index >= 15 is 0 Å². The van der Waals surface area contributed by atoms with Crippen molar-refractivity contribution in [1.29, 1.82) is 0 Å². The number of carbonyl (C=O) groups is 1. The molecule has 9 atom stereocenters. The summed E-state index contributed by atoms with van der Waals surface area (Å²) in [6.07, 6.45) is 49.8. The maximum absolute atomic E-state index is 13.2. The summed E-state index contributed by atoms with van der Waals surface area (Å²) in [5.74, 6) is -0.706. The predicted molar refractivity (Wildman–Crippen MR) is 298 cm³/mol. The van der Waals surface area contributed by atoms with Gasteiger partial charge in [0, 0.05) is 0 Å². The first kappa shape index (κ1) is 68.6. The topological polar surface area (TPSA) is 189 Å². The fourth-order valence-corrected chi connectivity index (χ4v) is 9.99. The zero-order chi connectivity index (χ0) is 52.5. The van der Waals surface area contributed by atoms with E-state index in [1.807, 2.05) is 0 Å². The highest BCUT2D eigenvalue weighted by Crippen LogP contribution is 2.23. The maximum Gasteiger partial charge on any atom is 0.249 e. The van der Waals surface area contributed by atoms with Gasteiger partial charge < -0.3 is 50.5 Å². The molecule has 72 heavy (non-hydrogen) atoms. The van der Waals surface area contributed by atoms with Crippen LogP contribution in [0.3, 0.4) is 0 Å². The molecule has 1 fully saturated rings. The van der Waals surface area contributed by atoms with Crippen molar-refractivity contribution in [3.05, 3.63) is 24.3 Å². The molecule has 1 rings (SSSR count). The van der Waals surface area contributed by atoms with Crippen molar-refractivity contribution in [2.24, 2.45) is 0 Å². The molecule has 9 unspecified atom stereocenters. The molecule has 0 aromatic heterocycles. The Labute approximate surface area is 442 Å². The van der Waals surface area contributed by atoms with Gasteiger partial charge in [0.2, 0.25) is 5.91 Å². The number of unbranched alkanes of at least 4 members (excludes halogenated alkanes) is 37. The lowest BCUT2D eigenvalue weighted by Crippen LogP contribution is -2.60. The van der Waals surface area contributed by atoms with Crippen molar-refractivity contribution < 1.29 is 50.0 Å². The van der Waals surface area contributed by atoms with Gasteiger partial charge in [-0.25, -0.2) is 0 Å². The summed E-state index contributed by atoms with van der Waals surface area (Å²) in [6, 6.07) is -1.19. The normalized spacial score (nSPS) is 20.2. The van der Waals surface area contributed by atoms with E-state index in [0.29, 0.717) is 19.3 Å². The third-order valence-corrected chi connectivity index (χ3v) is 15.0. The second kappa shape index (κ2) is 50.4. The van der Waals surface area contributed by atoms with Gasteiger partial charge in [-0.15, -0.1) is 0 Å². The molecule has 0 aliphatic carbocycles. The number of hydrogen-bond donors (Lipinski definition) is 8. The molecule has 1 heterocycles. The number of amides is 1. The number of carbonyl (C=O) groups excluding carboxylic acids is 1. The maximum atomic E-state index is 13.2. The van der Waals surface area contributed by atoms with Crippen molar-refractivity contribution in [3.63, 3.8) is 0 Å². The first-order valence-corrected chi connectivity index (χ1v) is 30.7. The number of aliphatic hydroxyl groups excluding tert-OH is 7. The molecule has 11 heteroatoms. The van der Waals surface area contributed by atoms with Gasteiger partial charge in [-0.3, -0.25) is 4.79 Å². The van der Waals surface area contributed by atoms with E-state index in [2.05, 4.69) is 43.5 Å². The van der Waals surface area contributed by atoms with Crippen LogP contribution in [0.2, 0.25) is 0 Å². The first-order chi connectivity index (χ1) is 35.2. The van der Waals surface area contributed by atoms with Crippen molar-refractivity contribution in [2.75, 3.05) is 13.2 Å². The predicted octanol–water partition coefficient (Wildman–Crippen LogP) is 13.3. The molecule has 11 nitrogen and oxygen atoms in total. The summed E-state index contributed by atoms with van der Waals surface area (Å²) in [4.78, 5) is 13.2. The largest absolute Gasteiger partial charge is 0.394 e. The van der Waals surface area contributed by atoms with E-state index < -0.39 is 74.2 Å². The fraction of sp³-hybridized carbons (Fsp3) is 0.918. The average molecular weight is 1020 g/mol. The summed E-state index contributed by atoms with van der Waals surface area (Å²) in [5.41, 5.74) is 0. The molecule has 1 saturated heterocycles. The van der Waals surface area contributed by atoms with Crippen LogP contribution in [0.15, 0.2) is 24.3 Å². The van der Waals surface area contributed by atoms with Crippen molar-refractivity contribution in [3.8, 4) is 0 Å². The van der Waals surface area contributed by atoms with Crippen LogP contribution in [-0.2, 0) is 14.3 Å². The quantitative estimate of drug-likeness (QED) is 0.0215. The Morgan fingerprint density at radius 3 is 1.24 bits per heavy atom. The third-order valence-electron chi connectivity index (χ3n) is 15.0. The Bertz CT molecular complexity index is 1220. The molecule has 426 valence electrons. The van der Waals surface area contributed by atoms with Crippen LogP contribution < -0.4 is 5.32 Å². The number of hydrogen-bond acceptors (Lipinski definition) is 10. The molecule has 0 bridgehead atoms. The molecule has 0 saturated carbocycles. The zero-order valence-corrected chi connectivity index (χ0v) is 46.7. The lowest BCUT2D eigenvalue weighted by atomic mass is 9.98. The Morgan fingerprint density at radius 2 is 0.833 bits per heavy atom. The second-order valence-electron chi connectivity index (χ2n) is 21.8. The number of nitrogens with one attached hydrogen (secondary N) is 1. The molecule has 0 spiro atoms. The minimum Gasteiger partial charge on any atom is -0.394 e. The highest BCUT2D eigenvalue weighted by atomic mass is 16.7. The van der Waals surface area contributed by atoms with Gasteiger partial charge >= 0.3 is 0 Å². The van der Waals surface area contributed by atoms with Crippen LogP contribution in [0.5, 0.6) is 0 Å². The molecule has 8 N–H and O–H groups in total. The number of aliphatic hydroxyl groups is 7. The van der Waals surface area contributed by atoms with Gasteiger partial charge in [-0.1, -0.05) is 263 Å². The lowest BCUT2D eigenvalue weighted by molar-refractivity contribution is -0.303. The number of rotatable bonds is 53. The van der Waals surface area contributed by atoms with Crippen LogP contribution in [0.4, 0.5) is 0 Å². The van der Waals surface area contributed by atoms with Crippen LogP contribution in [0.1, 0.15) is 290 Å². The first-order valence-electron chi connectivity index (χ1n) is 30.7. The minimum absolute atomic E-state index is 0.248. The van der Waals surface area contributed by atoms with Crippen LogP contribution >= 0.6 is 0 Å². The van der Waals surface area contributed by atoms with Gasteiger partial charge in [-0.05, 0) is 51.4 Å². The SMILES string of the molecule is CCCCCCC/C=C/CC/C=C/CCCC(O)C(O)C(COC1OC(CO)C(O)C(O)C1O)NC(=O)C(O)CCCCCCCCCCCCCCCCCCCCCCCCCCCCCCCCC. The molecule has 0 radical (unpaired) electrons. The zero-order valence-electron chi connectivity index (χ0n) is 46.7. The monoisotopic (exact) mass is 1020 g/mol. The highest BCUT2D eigenvalue weighted by Gasteiger charge is 2.44. The van der Waals surface area contributed by atoms with E-state index in [9.17, 15) is 40.5 Å². The molecule has 1 amide bonds. The third kappa shape index (κ3) is 38.2. The highest BCUT2D eigenvalue weighted by molar-refractivity contribution is 5.80. The van der Waals surface area contributed by atoms with Crippen molar-refractivity contribution in [2.45, 2.75) is 345 Å². The molecule has 0 aromatic carbocycles. The molecule has 1 aliphatic rings.